The van der Waals surface area contributed by atoms with E-state index in [-0.39, 0.29) is 0 Å². The zero-order chi connectivity index (χ0) is 13.9. The average molecular weight is 286 g/mol. The van der Waals surface area contributed by atoms with Gasteiger partial charge in [0, 0.05) is 10.9 Å². The molecule has 0 aromatic heterocycles. The molecule has 2 N–H and O–H groups in total. The molecule has 1 aliphatic rings. The molecule has 3 rings (SSSR count). The summed E-state index contributed by atoms with van der Waals surface area (Å²) < 4.78 is 0. The summed E-state index contributed by atoms with van der Waals surface area (Å²) in [5, 5.41) is 0.823. The number of hydrogen-bond acceptors (Lipinski definition) is 1. The van der Waals surface area contributed by atoms with E-state index < -0.39 is 0 Å². The molecule has 0 heterocycles. The lowest BCUT2D eigenvalue weighted by molar-refractivity contribution is 0.694. The molecular weight excluding hydrogens is 266 g/mol. The maximum atomic E-state index is 6.30. The minimum atomic E-state index is 0.295. The first-order chi connectivity index (χ1) is 9.78. The Hall–Kier alpha value is -1.31. The van der Waals surface area contributed by atoms with Gasteiger partial charge in [-0.25, -0.2) is 0 Å². The quantitative estimate of drug-likeness (QED) is 0.899. The number of aryl methyl sites for hydroxylation is 2. The van der Waals surface area contributed by atoms with Crippen molar-refractivity contribution in [2.75, 3.05) is 6.54 Å². The van der Waals surface area contributed by atoms with Gasteiger partial charge in [-0.1, -0.05) is 48.0 Å². The predicted octanol–water partition coefficient (Wildman–Crippen LogP) is 4.11. The molecule has 2 aromatic rings. The Bertz CT molecular complexity index is 606. The fraction of sp³-hybridized carbons (Fsp3) is 0.333. The summed E-state index contributed by atoms with van der Waals surface area (Å²) in [5.41, 5.74) is 11.6. The topological polar surface area (TPSA) is 26.0 Å². The molecule has 0 radical (unpaired) electrons. The van der Waals surface area contributed by atoms with E-state index in [9.17, 15) is 0 Å². The van der Waals surface area contributed by atoms with E-state index in [0.717, 1.165) is 17.0 Å². The van der Waals surface area contributed by atoms with Gasteiger partial charge in [0.1, 0.15) is 0 Å². The van der Waals surface area contributed by atoms with Crippen LogP contribution in [0.15, 0.2) is 42.5 Å². The van der Waals surface area contributed by atoms with Crippen LogP contribution in [0.5, 0.6) is 0 Å². The van der Waals surface area contributed by atoms with Gasteiger partial charge in [0.05, 0.1) is 0 Å². The van der Waals surface area contributed by atoms with Gasteiger partial charge >= 0.3 is 0 Å². The summed E-state index contributed by atoms with van der Waals surface area (Å²) in [6, 6.07) is 14.9. The van der Waals surface area contributed by atoms with Crippen LogP contribution in [0.4, 0.5) is 0 Å². The average Bonchev–Trinajstić information content (AvgIpc) is 2.93. The van der Waals surface area contributed by atoms with E-state index >= 15 is 0 Å². The van der Waals surface area contributed by atoms with Gasteiger partial charge in [-0.15, -0.1) is 0 Å². The number of nitrogens with two attached hydrogens (primary N) is 1. The van der Waals surface area contributed by atoms with Crippen LogP contribution < -0.4 is 5.73 Å². The summed E-state index contributed by atoms with van der Waals surface area (Å²) >= 11 is 6.30. The van der Waals surface area contributed by atoms with Gasteiger partial charge < -0.3 is 5.73 Å². The van der Waals surface area contributed by atoms with Crippen molar-refractivity contribution in [1.29, 1.82) is 0 Å². The fourth-order valence-corrected chi connectivity index (χ4v) is 3.45. The Morgan fingerprint density at radius 2 is 1.85 bits per heavy atom. The van der Waals surface area contributed by atoms with Crippen LogP contribution in [0.25, 0.3) is 0 Å². The van der Waals surface area contributed by atoms with E-state index in [2.05, 4.69) is 24.3 Å². The van der Waals surface area contributed by atoms with E-state index in [1.807, 2.05) is 18.2 Å². The van der Waals surface area contributed by atoms with Gasteiger partial charge in [-0.3, -0.25) is 0 Å². The SMILES string of the molecule is NCC(Cc1ccc2c(c1)CCC2)c1ccccc1Cl. The summed E-state index contributed by atoms with van der Waals surface area (Å²) in [7, 11) is 0. The largest absolute Gasteiger partial charge is 0.330 e. The molecule has 1 aliphatic carbocycles. The molecule has 0 saturated carbocycles. The van der Waals surface area contributed by atoms with Crippen molar-refractivity contribution in [2.45, 2.75) is 31.6 Å². The van der Waals surface area contributed by atoms with Crippen molar-refractivity contribution in [3.8, 4) is 0 Å². The van der Waals surface area contributed by atoms with Crippen molar-refractivity contribution >= 4 is 11.6 Å². The zero-order valence-electron chi connectivity index (χ0n) is 11.6. The third-order valence-corrected chi connectivity index (χ3v) is 4.62. The molecule has 0 aliphatic heterocycles. The molecule has 1 atom stereocenters. The Morgan fingerprint density at radius 3 is 2.65 bits per heavy atom. The minimum absolute atomic E-state index is 0.295. The molecule has 0 spiro atoms. The first-order valence-corrected chi connectivity index (χ1v) is 7.71. The predicted molar refractivity (Wildman–Crippen MR) is 85.4 cm³/mol. The Balaban J connectivity index is 1.83. The standard InChI is InChI=1S/C18H20ClN/c19-18-7-2-1-6-17(18)16(12-20)11-13-8-9-14-4-3-5-15(14)10-13/h1-2,6-10,16H,3-5,11-12,20H2. The van der Waals surface area contributed by atoms with Crippen LogP contribution in [-0.4, -0.2) is 6.54 Å². The maximum absolute atomic E-state index is 6.30. The zero-order valence-corrected chi connectivity index (χ0v) is 12.4. The van der Waals surface area contributed by atoms with Crippen LogP contribution in [0.2, 0.25) is 5.02 Å². The van der Waals surface area contributed by atoms with Crippen LogP contribution in [-0.2, 0) is 19.3 Å². The third kappa shape index (κ3) is 2.74. The number of benzene rings is 2. The molecule has 2 aromatic carbocycles. The highest BCUT2D eigenvalue weighted by Crippen LogP contribution is 2.29. The van der Waals surface area contributed by atoms with Crippen molar-refractivity contribution in [3.05, 3.63) is 69.7 Å². The van der Waals surface area contributed by atoms with Crippen molar-refractivity contribution in [1.82, 2.24) is 0 Å². The summed E-state index contributed by atoms with van der Waals surface area (Å²) in [6.45, 7) is 0.626. The smallest absolute Gasteiger partial charge is 0.0441 e. The number of halogens is 1. The van der Waals surface area contributed by atoms with E-state index in [4.69, 9.17) is 17.3 Å². The van der Waals surface area contributed by atoms with E-state index in [1.54, 1.807) is 0 Å². The van der Waals surface area contributed by atoms with Gasteiger partial charge in [0.25, 0.3) is 0 Å². The van der Waals surface area contributed by atoms with Crippen LogP contribution in [0.1, 0.15) is 34.6 Å². The molecule has 0 amide bonds. The number of rotatable bonds is 4. The van der Waals surface area contributed by atoms with Crippen molar-refractivity contribution in [2.24, 2.45) is 5.73 Å². The molecule has 20 heavy (non-hydrogen) atoms. The highest BCUT2D eigenvalue weighted by Gasteiger charge is 2.16. The maximum Gasteiger partial charge on any atom is 0.0441 e. The minimum Gasteiger partial charge on any atom is -0.330 e. The Kier molecular flexibility index (Phi) is 4.09. The van der Waals surface area contributed by atoms with E-state index in [0.29, 0.717) is 12.5 Å². The van der Waals surface area contributed by atoms with Crippen LogP contribution in [0, 0.1) is 0 Å². The lowest BCUT2D eigenvalue weighted by Crippen LogP contribution is -2.15. The second-order valence-electron chi connectivity index (χ2n) is 5.61. The first-order valence-electron chi connectivity index (χ1n) is 7.33. The van der Waals surface area contributed by atoms with Gasteiger partial charge in [0.15, 0.2) is 0 Å². The van der Waals surface area contributed by atoms with Crippen LogP contribution >= 0.6 is 11.6 Å². The lowest BCUT2D eigenvalue weighted by Gasteiger charge is -2.17. The summed E-state index contributed by atoms with van der Waals surface area (Å²) in [5.74, 6) is 0.295. The summed E-state index contributed by atoms with van der Waals surface area (Å²) in [6.07, 6.45) is 4.72. The normalized spacial score (nSPS) is 15.1. The molecule has 1 unspecified atom stereocenters. The monoisotopic (exact) mass is 285 g/mol. The number of hydrogen-bond donors (Lipinski definition) is 1. The highest BCUT2D eigenvalue weighted by molar-refractivity contribution is 6.31. The van der Waals surface area contributed by atoms with Crippen molar-refractivity contribution < 1.29 is 0 Å². The molecule has 104 valence electrons. The Morgan fingerprint density at radius 1 is 1.05 bits per heavy atom. The van der Waals surface area contributed by atoms with E-state index in [1.165, 1.54) is 36.0 Å². The molecule has 0 fully saturated rings. The molecule has 2 heteroatoms. The second kappa shape index (κ2) is 5.99. The lowest BCUT2D eigenvalue weighted by atomic mass is 9.91. The van der Waals surface area contributed by atoms with Gasteiger partial charge in [-0.05, 0) is 60.5 Å². The molecular formula is C18H20ClN. The molecule has 0 saturated heterocycles. The third-order valence-electron chi connectivity index (χ3n) is 4.27. The van der Waals surface area contributed by atoms with Gasteiger partial charge in [0.2, 0.25) is 0 Å². The van der Waals surface area contributed by atoms with Crippen LogP contribution in [0.3, 0.4) is 0 Å². The second-order valence-corrected chi connectivity index (χ2v) is 6.02. The fourth-order valence-electron chi connectivity index (χ4n) is 3.16. The van der Waals surface area contributed by atoms with Gasteiger partial charge in [-0.2, -0.15) is 0 Å². The summed E-state index contributed by atoms with van der Waals surface area (Å²) in [4.78, 5) is 0. The Labute approximate surface area is 125 Å². The highest BCUT2D eigenvalue weighted by atomic mass is 35.5. The van der Waals surface area contributed by atoms with Crippen molar-refractivity contribution in [3.63, 3.8) is 0 Å². The molecule has 0 bridgehead atoms. The first kappa shape index (κ1) is 13.7. The number of fused-ring (bicyclic) bond motifs is 1. The molecule has 1 nitrogen and oxygen atoms in total.